The molecule has 2 nitrogen and oxygen atoms in total. The molecule has 13 heavy (non-hydrogen) atoms. The molecule has 3 heteroatoms. The molecule has 1 atom stereocenters. The third-order valence-electron chi connectivity index (χ3n) is 2.17. The lowest BCUT2D eigenvalue weighted by Crippen LogP contribution is -2.16. The zero-order chi connectivity index (χ0) is 9.84. The van der Waals surface area contributed by atoms with Gasteiger partial charge in [0.15, 0.2) is 0 Å². The Kier molecular flexibility index (Phi) is 3.39. The first-order valence-corrected chi connectivity index (χ1v) is 4.26. The minimum absolute atomic E-state index is 0.0427. The molecule has 0 saturated heterocycles. The fourth-order valence-electron chi connectivity index (χ4n) is 1.18. The van der Waals surface area contributed by atoms with E-state index < -0.39 is 0 Å². The van der Waals surface area contributed by atoms with Crippen LogP contribution < -0.4 is 5.73 Å². The summed E-state index contributed by atoms with van der Waals surface area (Å²) < 4.78 is 13.1. The fourth-order valence-corrected chi connectivity index (χ4v) is 1.18. The van der Waals surface area contributed by atoms with E-state index in [1.807, 2.05) is 0 Å². The number of aryl methyl sites for hydroxylation is 1. The Morgan fingerprint density at radius 3 is 2.69 bits per heavy atom. The molecule has 1 aromatic carbocycles. The normalized spacial score (nSPS) is 12.9. The van der Waals surface area contributed by atoms with E-state index in [4.69, 9.17) is 10.8 Å². The smallest absolute Gasteiger partial charge is 0.126 e. The monoisotopic (exact) mass is 183 g/mol. The van der Waals surface area contributed by atoms with E-state index in [0.29, 0.717) is 12.1 Å². The molecule has 0 radical (unpaired) electrons. The van der Waals surface area contributed by atoms with Gasteiger partial charge in [0.25, 0.3) is 0 Å². The predicted molar refractivity (Wildman–Crippen MR) is 50.0 cm³/mol. The highest BCUT2D eigenvalue weighted by molar-refractivity contribution is 5.26. The third kappa shape index (κ3) is 2.26. The highest BCUT2D eigenvalue weighted by Gasteiger charge is 2.09. The number of nitrogens with two attached hydrogens (primary N) is 1. The molecule has 0 saturated carbocycles. The maximum atomic E-state index is 13.1. The molecule has 0 aliphatic carbocycles. The van der Waals surface area contributed by atoms with Gasteiger partial charge in [0.2, 0.25) is 0 Å². The van der Waals surface area contributed by atoms with Gasteiger partial charge in [-0.25, -0.2) is 4.39 Å². The SMILES string of the molecule is Cc1ccc(C(CN)CO)cc1F. The van der Waals surface area contributed by atoms with Gasteiger partial charge in [0.05, 0.1) is 6.61 Å². The van der Waals surface area contributed by atoms with Gasteiger partial charge in [-0.3, -0.25) is 0 Å². The minimum atomic E-state index is -0.246. The number of hydrogen-bond donors (Lipinski definition) is 2. The zero-order valence-corrected chi connectivity index (χ0v) is 7.63. The van der Waals surface area contributed by atoms with E-state index in [0.717, 1.165) is 5.56 Å². The van der Waals surface area contributed by atoms with Crippen molar-refractivity contribution in [1.29, 1.82) is 0 Å². The maximum Gasteiger partial charge on any atom is 0.126 e. The van der Waals surface area contributed by atoms with Gasteiger partial charge in [-0.05, 0) is 24.1 Å². The van der Waals surface area contributed by atoms with Gasteiger partial charge < -0.3 is 10.8 Å². The van der Waals surface area contributed by atoms with Crippen LogP contribution >= 0.6 is 0 Å². The minimum Gasteiger partial charge on any atom is -0.396 e. The summed E-state index contributed by atoms with van der Waals surface area (Å²) in [4.78, 5) is 0. The topological polar surface area (TPSA) is 46.2 Å². The molecule has 0 amide bonds. The van der Waals surface area contributed by atoms with Gasteiger partial charge >= 0.3 is 0 Å². The van der Waals surface area contributed by atoms with Crippen molar-refractivity contribution in [3.8, 4) is 0 Å². The number of benzene rings is 1. The summed E-state index contributed by atoms with van der Waals surface area (Å²) >= 11 is 0. The molecule has 0 aromatic heterocycles. The lowest BCUT2D eigenvalue weighted by molar-refractivity contribution is 0.267. The quantitative estimate of drug-likeness (QED) is 0.738. The first-order chi connectivity index (χ1) is 6.19. The van der Waals surface area contributed by atoms with Gasteiger partial charge in [0, 0.05) is 12.5 Å². The second-order valence-electron chi connectivity index (χ2n) is 3.12. The highest BCUT2D eigenvalue weighted by Crippen LogP contribution is 2.17. The van der Waals surface area contributed by atoms with E-state index in [1.54, 1.807) is 19.1 Å². The second kappa shape index (κ2) is 4.35. The van der Waals surface area contributed by atoms with Crippen molar-refractivity contribution in [2.45, 2.75) is 12.8 Å². The highest BCUT2D eigenvalue weighted by atomic mass is 19.1. The first kappa shape index (κ1) is 10.2. The number of rotatable bonds is 3. The Morgan fingerprint density at radius 2 is 2.23 bits per heavy atom. The summed E-state index contributed by atoms with van der Waals surface area (Å²) in [5.41, 5.74) is 6.79. The Balaban J connectivity index is 2.95. The summed E-state index contributed by atoms with van der Waals surface area (Å²) in [7, 11) is 0. The van der Waals surface area contributed by atoms with Crippen molar-refractivity contribution in [3.63, 3.8) is 0 Å². The predicted octanol–water partition coefficient (Wildman–Crippen LogP) is 1.17. The lowest BCUT2D eigenvalue weighted by atomic mass is 9.99. The first-order valence-electron chi connectivity index (χ1n) is 4.26. The molecule has 72 valence electrons. The number of aliphatic hydroxyl groups is 1. The van der Waals surface area contributed by atoms with E-state index in [9.17, 15) is 4.39 Å². The van der Waals surface area contributed by atoms with Crippen LogP contribution in [0.2, 0.25) is 0 Å². The van der Waals surface area contributed by atoms with Gasteiger partial charge in [0.1, 0.15) is 5.82 Å². The summed E-state index contributed by atoms with van der Waals surface area (Å²) in [5.74, 6) is -0.403. The molecule has 1 rings (SSSR count). The van der Waals surface area contributed by atoms with Crippen LogP contribution in [0.3, 0.4) is 0 Å². The second-order valence-corrected chi connectivity index (χ2v) is 3.12. The molecule has 3 N–H and O–H groups in total. The number of halogens is 1. The number of aliphatic hydroxyl groups excluding tert-OH is 1. The van der Waals surface area contributed by atoms with Crippen molar-refractivity contribution in [2.24, 2.45) is 5.73 Å². The Morgan fingerprint density at radius 1 is 1.54 bits per heavy atom. The summed E-state index contributed by atoms with van der Waals surface area (Å²) in [6.07, 6.45) is 0. The Hall–Kier alpha value is -0.930. The summed E-state index contributed by atoms with van der Waals surface area (Å²) in [6.45, 7) is 1.99. The van der Waals surface area contributed by atoms with Crippen LogP contribution in [0, 0.1) is 12.7 Å². The van der Waals surface area contributed by atoms with Crippen LogP contribution in [0.5, 0.6) is 0 Å². The average Bonchev–Trinajstić information content (AvgIpc) is 2.13. The summed E-state index contributed by atoms with van der Waals surface area (Å²) in [5, 5.41) is 8.94. The molecule has 0 spiro atoms. The van der Waals surface area contributed by atoms with Gasteiger partial charge in [-0.1, -0.05) is 12.1 Å². The van der Waals surface area contributed by atoms with E-state index in [2.05, 4.69) is 0 Å². The lowest BCUT2D eigenvalue weighted by Gasteiger charge is -2.12. The fraction of sp³-hybridized carbons (Fsp3) is 0.400. The van der Waals surface area contributed by atoms with Crippen LogP contribution in [0.25, 0.3) is 0 Å². The molecular formula is C10H14FNO. The van der Waals surface area contributed by atoms with Crippen molar-refractivity contribution in [3.05, 3.63) is 35.1 Å². The van der Waals surface area contributed by atoms with Crippen LogP contribution in [0.4, 0.5) is 4.39 Å². The van der Waals surface area contributed by atoms with Crippen molar-refractivity contribution < 1.29 is 9.50 Å². The molecule has 0 aliphatic rings. The molecule has 0 heterocycles. The number of hydrogen-bond acceptors (Lipinski definition) is 2. The van der Waals surface area contributed by atoms with Crippen molar-refractivity contribution >= 4 is 0 Å². The van der Waals surface area contributed by atoms with E-state index in [-0.39, 0.29) is 18.3 Å². The zero-order valence-electron chi connectivity index (χ0n) is 7.63. The standard InChI is InChI=1S/C10H14FNO/c1-7-2-3-8(4-10(7)11)9(5-12)6-13/h2-4,9,13H,5-6,12H2,1H3. The maximum absolute atomic E-state index is 13.1. The molecular weight excluding hydrogens is 169 g/mol. The molecule has 1 aromatic rings. The molecule has 0 aliphatic heterocycles. The van der Waals surface area contributed by atoms with Crippen molar-refractivity contribution in [1.82, 2.24) is 0 Å². The van der Waals surface area contributed by atoms with E-state index in [1.165, 1.54) is 6.07 Å². The molecule has 0 fully saturated rings. The largest absolute Gasteiger partial charge is 0.396 e. The molecule has 0 bridgehead atoms. The molecule has 1 unspecified atom stereocenters. The van der Waals surface area contributed by atoms with E-state index >= 15 is 0 Å². The van der Waals surface area contributed by atoms with Crippen LogP contribution in [0.15, 0.2) is 18.2 Å². The Bertz CT molecular complexity index is 284. The Labute approximate surface area is 77.2 Å². The van der Waals surface area contributed by atoms with Crippen LogP contribution in [0.1, 0.15) is 17.0 Å². The summed E-state index contributed by atoms with van der Waals surface area (Å²) in [6, 6.07) is 4.93. The van der Waals surface area contributed by atoms with Crippen LogP contribution in [-0.2, 0) is 0 Å². The third-order valence-corrected chi connectivity index (χ3v) is 2.17. The van der Waals surface area contributed by atoms with Gasteiger partial charge in [-0.2, -0.15) is 0 Å². The van der Waals surface area contributed by atoms with Crippen molar-refractivity contribution in [2.75, 3.05) is 13.2 Å². The van der Waals surface area contributed by atoms with Crippen LogP contribution in [-0.4, -0.2) is 18.3 Å². The van der Waals surface area contributed by atoms with Gasteiger partial charge in [-0.15, -0.1) is 0 Å². The average molecular weight is 183 g/mol.